The first-order valence-electron chi connectivity index (χ1n) is 9.46. The van der Waals surface area contributed by atoms with Crippen molar-refractivity contribution >= 4 is 32.4 Å². The van der Waals surface area contributed by atoms with E-state index in [1.165, 1.54) is 29.5 Å². The summed E-state index contributed by atoms with van der Waals surface area (Å²) in [5, 5.41) is 15.8. The number of hydrogen-bond donors (Lipinski definition) is 0. The van der Waals surface area contributed by atoms with Crippen LogP contribution in [-0.2, 0) is 0 Å². The Labute approximate surface area is 174 Å². The molecule has 0 radical (unpaired) electrons. The van der Waals surface area contributed by atoms with Crippen LogP contribution in [0.2, 0.25) is 0 Å². The van der Waals surface area contributed by atoms with E-state index in [2.05, 4.69) is 20.0 Å². The highest BCUT2D eigenvalue weighted by Crippen LogP contribution is 2.35. The molecule has 2 aromatic carbocycles. The van der Waals surface area contributed by atoms with Crippen molar-refractivity contribution in [2.24, 2.45) is 0 Å². The highest BCUT2D eigenvalue weighted by atomic mass is 32.1. The van der Waals surface area contributed by atoms with Crippen LogP contribution in [0.1, 0.15) is 24.7 Å². The van der Waals surface area contributed by atoms with E-state index in [0.717, 1.165) is 34.7 Å². The minimum absolute atomic E-state index is 0.0370. The zero-order valence-corrected chi connectivity index (χ0v) is 16.5. The molecule has 0 N–H and O–H groups in total. The first-order valence-corrected chi connectivity index (χ1v) is 10.3. The third-order valence-corrected chi connectivity index (χ3v) is 6.22. The second-order valence-corrected chi connectivity index (χ2v) is 8.17. The van der Waals surface area contributed by atoms with E-state index >= 15 is 0 Å². The molecule has 0 saturated carbocycles. The smallest absolute Gasteiger partial charge is 0.270 e. The van der Waals surface area contributed by atoms with Gasteiger partial charge in [0, 0.05) is 30.8 Å². The Morgan fingerprint density at radius 2 is 2.13 bits per heavy atom. The van der Waals surface area contributed by atoms with Gasteiger partial charge in [0.1, 0.15) is 5.82 Å². The van der Waals surface area contributed by atoms with Crippen molar-refractivity contribution in [3.8, 4) is 11.4 Å². The fraction of sp³-hybridized carbons (Fsp3) is 0.250. The average Bonchev–Trinajstić information content (AvgIpc) is 3.41. The van der Waals surface area contributed by atoms with Gasteiger partial charge in [0.15, 0.2) is 5.13 Å². The van der Waals surface area contributed by atoms with Crippen molar-refractivity contribution in [1.82, 2.24) is 15.1 Å². The van der Waals surface area contributed by atoms with Gasteiger partial charge in [0.2, 0.25) is 11.7 Å². The number of halogens is 1. The standard InChI is InChI=1S/C20H16FN5O3S/c21-14-5-1-3-12(9-14)18-23-19(29-24-18)13-4-2-8-25(11-13)20-22-16-7-6-15(26(27)28)10-17(16)30-20/h1,3,5-7,9-10,13H,2,4,8,11H2. The Bertz CT molecular complexity index is 1240. The molecule has 0 bridgehead atoms. The lowest BCUT2D eigenvalue weighted by Crippen LogP contribution is -2.34. The number of anilines is 1. The SMILES string of the molecule is O=[N+]([O-])c1ccc2nc(N3CCCC(c4nc(-c5cccc(F)c5)no4)C3)sc2c1. The molecule has 1 unspecified atom stereocenters. The van der Waals surface area contributed by atoms with E-state index in [1.54, 1.807) is 24.3 Å². The summed E-state index contributed by atoms with van der Waals surface area (Å²) in [6.45, 7) is 1.50. The quantitative estimate of drug-likeness (QED) is 0.343. The van der Waals surface area contributed by atoms with E-state index in [4.69, 9.17) is 4.52 Å². The van der Waals surface area contributed by atoms with Crippen molar-refractivity contribution in [3.05, 3.63) is 64.3 Å². The minimum Gasteiger partial charge on any atom is -0.347 e. The fourth-order valence-electron chi connectivity index (χ4n) is 3.65. The molecule has 2 aromatic heterocycles. The van der Waals surface area contributed by atoms with Gasteiger partial charge in [-0.15, -0.1) is 0 Å². The summed E-state index contributed by atoms with van der Waals surface area (Å²) in [5.74, 6) is 0.582. The predicted molar refractivity (Wildman–Crippen MR) is 110 cm³/mol. The van der Waals surface area contributed by atoms with Crippen molar-refractivity contribution in [1.29, 1.82) is 0 Å². The number of nitrogens with zero attached hydrogens (tertiary/aromatic N) is 5. The summed E-state index contributed by atoms with van der Waals surface area (Å²) in [7, 11) is 0. The first kappa shape index (κ1) is 18.6. The molecule has 0 spiro atoms. The Morgan fingerprint density at radius 3 is 2.97 bits per heavy atom. The summed E-state index contributed by atoms with van der Waals surface area (Å²) >= 11 is 1.44. The Kier molecular flexibility index (Phi) is 4.62. The molecule has 1 atom stereocenters. The summed E-state index contributed by atoms with van der Waals surface area (Å²) in [6.07, 6.45) is 1.83. The Hall–Kier alpha value is -3.40. The number of fused-ring (bicyclic) bond motifs is 1. The van der Waals surface area contributed by atoms with Crippen molar-refractivity contribution in [2.45, 2.75) is 18.8 Å². The Balaban J connectivity index is 1.37. The highest BCUT2D eigenvalue weighted by Gasteiger charge is 2.28. The number of hydrogen-bond acceptors (Lipinski definition) is 8. The normalized spacial score (nSPS) is 16.8. The molecule has 0 aliphatic carbocycles. The van der Waals surface area contributed by atoms with Crippen LogP contribution in [0.15, 0.2) is 47.0 Å². The van der Waals surface area contributed by atoms with E-state index < -0.39 is 4.92 Å². The maximum absolute atomic E-state index is 13.5. The number of non-ortho nitro benzene ring substituents is 1. The number of nitro benzene ring substituents is 1. The molecule has 8 nitrogen and oxygen atoms in total. The summed E-state index contributed by atoms with van der Waals surface area (Å²) in [5.41, 5.74) is 1.38. The molecule has 5 rings (SSSR count). The molecular weight excluding hydrogens is 409 g/mol. The summed E-state index contributed by atoms with van der Waals surface area (Å²) in [4.78, 5) is 21.9. The number of aromatic nitrogens is 3. The van der Waals surface area contributed by atoms with E-state index in [-0.39, 0.29) is 17.4 Å². The zero-order valence-electron chi connectivity index (χ0n) is 15.7. The third kappa shape index (κ3) is 3.50. The fourth-order valence-corrected chi connectivity index (χ4v) is 4.68. The van der Waals surface area contributed by atoms with Gasteiger partial charge in [-0.05, 0) is 31.0 Å². The number of thiazole rings is 1. The van der Waals surface area contributed by atoms with Gasteiger partial charge < -0.3 is 9.42 Å². The van der Waals surface area contributed by atoms with E-state index in [1.807, 2.05) is 0 Å². The first-order chi connectivity index (χ1) is 14.6. The van der Waals surface area contributed by atoms with E-state index in [0.29, 0.717) is 23.8 Å². The molecule has 3 heterocycles. The number of benzene rings is 2. The molecule has 1 aliphatic rings. The predicted octanol–water partition coefficient (Wildman–Crippen LogP) is 4.78. The molecular formula is C20H16FN5O3S. The molecule has 10 heteroatoms. The van der Waals surface area contributed by atoms with Crippen LogP contribution in [0.3, 0.4) is 0 Å². The van der Waals surface area contributed by atoms with Crippen LogP contribution in [0, 0.1) is 15.9 Å². The largest absolute Gasteiger partial charge is 0.347 e. The molecule has 4 aromatic rings. The van der Waals surface area contributed by atoms with Gasteiger partial charge in [-0.25, -0.2) is 9.37 Å². The molecule has 0 amide bonds. The maximum atomic E-state index is 13.5. The Morgan fingerprint density at radius 1 is 1.23 bits per heavy atom. The van der Waals surface area contributed by atoms with Crippen molar-refractivity contribution < 1.29 is 13.8 Å². The maximum Gasteiger partial charge on any atom is 0.270 e. The van der Waals surface area contributed by atoms with Crippen LogP contribution in [0.25, 0.3) is 21.6 Å². The van der Waals surface area contributed by atoms with Crippen LogP contribution < -0.4 is 4.90 Å². The van der Waals surface area contributed by atoms with Gasteiger partial charge in [0.05, 0.1) is 21.1 Å². The number of piperidine rings is 1. The second kappa shape index (κ2) is 7.45. The second-order valence-electron chi connectivity index (χ2n) is 7.16. The van der Waals surface area contributed by atoms with Crippen molar-refractivity contribution in [2.75, 3.05) is 18.0 Å². The number of rotatable bonds is 4. The molecule has 1 aliphatic heterocycles. The lowest BCUT2D eigenvalue weighted by Gasteiger charge is -2.30. The molecule has 1 saturated heterocycles. The van der Waals surface area contributed by atoms with Gasteiger partial charge in [-0.2, -0.15) is 4.98 Å². The monoisotopic (exact) mass is 425 g/mol. The van der Waals surface area contributed by atoms with Crippen molar-refractivity contribution in [3.63, 3.8) is 0 Å². The van der Waals surface area contributed by atoms with Gasteiger partial charge in [-0.3, -0.25) is 10.1 Å². The van der Waals surface area contributed by atoms with Gasteiger partial charge in [-0.1, -0.05) is 28.6 Å². The average molecular weight is 425 g/mol. The van der Waals surface area contributed by atoms with Crippen LogP contribution in [0.5, 0.6) is 0 Å². The topological polar surface area (TPSA) is 98.2 Å². The zero-order chi connectivity index (χ0) is 20.7. The molecule has 152 valence electrons. The molecule has 30 heavy (non-hydrogen) atoms. The summed E-state index contributed by atoms with van der Waals surface area (Å²) in [6, 6.07) is 10.8. The van der Waals surface area contributed by atoms with Gasteiger partial charge >= 0.3 is 0 Å². The highest BCUT2D eigenvalue weighted by molar-refractivity contribution is 7.22. The van der Waals surface area contributed by atoms with Gasteiger partial charge in [0.25, 0.3) is 5.69 Å². The molecule has 1 fully saturated rings. The van der Waals surface area contributed by atoms with Crippen LogP contribution in [0.4, 0.5) is 15.2 Å². The minimum atomic E-state index is -0.401. The van der Waals surface area contributed by atoms with Crippen LogP contribution in [-0.4, -0.2) is 33.1 Å². The third-order valence-electron chi connectivity index (χ3n) is 5.14. The summed E-state index contributed by atoms with van der Waals surface area (Å²) < 4.78 is 19.7. The van der Waals surface area contributed by atoms with Crippen LogP contribution >= 0.6 is 11.3 Å². The lowest BCUT2D eigenvalue weighted by atomic mass is 9.98. The number of nitro groups is 1. The lowest BCUT2D eigenvalue weighted by molar-refractivity contribution is -0.384. The van der Waals surface area contributed by atoms with E-state index in [9.17, 15) is 14.5 Å².